The van der Waals surface area contributed by atoms with E-state index in [1.807, 2.05) is 13.8 Å². The minimum Gasteiger partial charge on any atom is -0.481 e. The number of amides is 2. The van der Waals surface area contributed by atoms with Gasteiger partial charge >= 0.3 is 12.0 Å². The standard InChI is InChI=1S/C12H20N2O4/c1-8(2)14(5-6-15)12(18)13-10-4-3-9(7-10)11(16)17/h3-4,8-10,15H,5-7H2,1-2H3,(H,13,18)(H,16,17). The molecule has 1 aliphatic carbocycles. The van der Waals surface area contributed by atoms with Crippen LogP contribution in [0.5, 0.6) is 0 Å². The molecule has 0 heterocycles. The van der Waals surface area contributed by atoms with Crippen molar-refractivity contribution in [2.75, 3.05) is 13.2 Å². The van der Waals surface area contributed by atoms with Gasteiger partial charge in [0.05, 0.1) is 18.6 Å². The first kappa shape index (κ1) is 14.5. The second-order valence-electron chi connectivity index (χ2n) is 4.63. The first-order valence-electron chi connectivity index (χ1n) is 6.04. The predicted octanol–water partition coefficient (Wildman–Crippen LogP) is 0.428. The molecule has 0 aliphatic heterocycles. The van der Waals surface area contributed by atoms with Crippen molar-refractivity contribution >= 4 is 12.0 Å². The molecule has 2 unspecified atom stereocenters. The van der Waals surface area contributed by atoms with Crippen molar-refractivity contribution in [3.05, 3.63) is 12.2 Å². The highest BCUT2D eigenvalue weighted by Gasteiger charge is 2.27. The summed E-state index contributed by atoms with van der Waals surface area (Å²) in [5.41, 5.74) is 0. The summed E-state index contributed by atoms with van der Waals surface area (Å²) in [7, 11) is 0. The molecule has 0 radical (unpaired) electrons. The second kappa shape index (κ2) is 6.39. The van der Waals surface area contributed by atoms with Crippen molar-refractivity contribution in [1.29, 1.82) is 0 Å². The minimum absolute atomic E-state index is 0.0159. The maximum absolute atomic E-state index is 11.9. The Labute approximate surface area is 106 Å². The topological polar surface area (TPSA) is 89.9 Å². The van der Waals surface area contributed by atoms with E-state index in [0.29, 0.717) is 6.42 Å². The first-order chi connectivity index (χ1) is 8.45. The zero-order chi connectivity index (χ0) is 13.7. The summed E-state index contributed by atoms with van der Waals surface area (Å²) in [5, 5.41) is 20.5. The molecule has 0 fully saturated rings. The quantitative estimate of drug-likeness (QED) is 0.622. The first-order valence-corrected chi connectivity index (χ1v) is 6.04. The van der Waals surface area contributed by atoms with Crippen LogP contribution in [-0.4, -0.2) is 52.3 Å². The number of hydrogen-bond donors (Lipinski definition) is 3. The number of rotatable bonds is 5. The van der Waals surface area contributed by atoms with Crippen LogP contribution in [0.3, 0.4) is 0 Å². The van der Waals surface area contributed by atoms with Crippen LogP contribution in [0.2, 0.25) is 0 Å². The summed E-state index contributed by atoms with van der Waals surface area (Å²) in [4.78, 5) is 24.2. The summed E-state index contributed by atoms with van der Waals surface area (Å²) in [6.45, 7) is 3.89. The van der Waals surface area contributed by atoms with E-state index in [9.17, 15) is 9.59 Å². The van der Waals surface area contributed by atoms with Gasteiger partial charge in [0.1, 0.15) is 0 Å². The van der Waals surface area contributed by atoms with Crippen LogP contribution in [0.25, 0.3) is 0 Å². The molecule has 2 atom stereocenters. The summed E-state index contributed by atoms with van der Waals surface area (Å²) in [5.74, 6) is -1.40. The van der Waals surface area contributed by atoms with Crippen LogP contribution >= 0.6 is 0 Å². The largest absolute Gasteiger partial charge is 0.481 e. The summed E-state index contributed by atoms with van der Waals surface area (Å²) >= 11 is 0. The van der Waals surface area contributed by atoms with Crippen molar-refractivity contribution in [3.8, 4) is 0 Å². The van der Waals surface area contributed by atoms with Gasteiger partial charge in [-0.05, 0) is 20.3 Å². The lowest BCUT2D eigenvalue weighted by Gasteiger charge is -2.27. The molecule has 0 bridgehead atoms. The number of aliphatic hydroxyl groups excluding tert-OH is 1. The Kier molecular flexibility index (Phi) is 5.15. The maximum atomic E-state index is 11.9. The third-order valence-corrected chi connectivity index (χ3v) is 2.93. The second-order valence-corrected chi connectivity index (χ2v) is 4.63. The number of urea groups is 1. The molecule has 1 aliphatic rings. The van der Waals surface area contributed by atoms with Crippen molar-refractivity contribution in [3.63, 3.8) is 0 Å². The molecule has 102 valence electrons. The molecule has 0 saturated heterocycles. The molecule has 0 aromatic heterocycles. The van der Waals surface area contributed by atoms with Crippen molar-refractivity contribution < 1.29 is 19.8 Å². The molecule has 1 rings (SSSR count). The van der Waals surface area contributed by atoms with Crippen LogP contribution in [0.15, 0.2) is 12.2 Å². The Balaban J connectivity index is 2.50. The van der Waals surface area contributed by atoms with E-state index in [0.717, 1.165) is 0 Å². The molecule has 6 nitrogen and oxygen atoms in total. The van der Waals surface area contributed by atoms with Gasteiger partial charge in [-0.2, -0.15) is 0 Å². The zero-order valence-electron chi connectivity index (χ0n) is 10.7. The lowest BCUT2D eigenvalue weighted by Crippen LogP contribution is -2.48. The van der Waals surface area contributed by atoms with Crippen molar-refractivity contribution in [2.45, 2.75) is 32.4 Å². The fraction of sp³-hybridized carbons (Fsp3) is 0.667. The van der Waals surface area contributed by atoms with Gasteiger partial charge in [0.25, 0.3) is 0 Å². The summed E-state index contributed by atoms with van der Waals surface area (Å²) in [6.07, 6.45) is 3.68. The van der Waals surface area contributed by atoms with Crippen molar-refractivity contribution in [1.82, 2.24) is 10.2 Å². The number of carbonyl (C=O) groups excluding carboxylic acids is 1. The van der Waals surface area contributed by atoms with Crippen LogP contribution in [0.1, 0.15) is 20.3 Å². The van der Waals surface area contributed by atoms with Gasteiger partial charge < -0.3 is 20.4 Å². The van der Waals surface area contributed by atoms with E-state index < -0.39 is 11.9 Å². The number of aliphatic carboxylic acids is 1. The molecule has 2 amide bonds. The number of carboxylic acids is 1. The number of carboxylic acid groups (broad SMARTS) is 1. The summed E-state index contributed by atoms with van der Waals surface area (Å²) in [6, 6.07) is -0.545. The third kappa shape index (κ3) is 3.73. The number of nitrogens with zero attached hydrogens (tertiary/aromatic N) is 1. The van der Waals surface area contributed by atoms with Crippen LogP contribution in [0.4, 0.5) is 4.79 Å². The maximum Gasteiger partial charge on any atom is 0.318 e. The molecule has 0 aromatic carbocycles. The smallest absolute Gasteiger partial charge is 0.318 e. The Morgan fingerprint density at radius 1 is 1.44 bits per heavy atom. The van der Waals surface area contributed by atoms with E-state index >= 15 is 0 Å². The van der Waals surface area contributed by atoms with Gasteiger partial charge in [-0.3, -0.25) is 4.79 Å². The Bertz CT molecular complexity index is 341. The monoisotopic (exact) mass is 256 g/mol. The lowest BCUT2D eigenvalue weighted by molar-refractivity contribution is -0.140. The van der Waals surface area contributed by atoms with Crippen molar-refractivity contribution in [2.24, 2.45) is 5.92 Å². The fourth-order valence-corrected chi connectivity index (χ4v) is 1.93. The normalized spacial score (nSPS) is 22.2. The van der Waals surface area contributed by atoms with Gasteiger partial charge in [-0.25, -0.2) is 4.79 Å². The van der Waals surface area contributed by atoms with E-state index in [4.69, 9.17) is 10.2 Å². The van der Waals surface area contributed by atoms with E-state index in [1.54, 1.807) is 12.2 Å². The lowest BCUT2D eigenvalue weighted by atomic mass is 10.1. The molecule has 18 heavy (non-hydrogen) atoms. The molecule has 0 saturated carbocycles. The van der Waals surface area contributed by atoms with Crippen LogP contribution < -0.4 is 5.32 Å². The van der Waals surface area contributed by atoms with Gasteiger partial charge in [0.2, 0.25) is 0 Å². The highest BCUT2D eigenvalue weighted by atomic mass is 16.4. The molecule has 3 N–H and O–H groups in total. The van der Waals surface area contributed by atoms with Gasteiger partial charge in [-0.15, -0.1) is 0 Å². The van der Waals surface area contributed by atoms with E-state index in [1.165, 1.54) is 4.90 Å². The van der Waals surface area contributed by atoms with E-state index in [-0.39, 0.29) is 31.3 Å². The highest BCUT2D eigenvalue weighted by Crippen LogP contribution is 2.18. The van der Waals surface area contributed by atoms with Gasteiger partial charge in [0, 0.05) is 12.6 Å². The Morgan fingerprint density at radius 2 is 2.11 bits per heavy atom. The SMILES string of the molecule is CC(C)N(CCO)C(=O)NC1C=CC(C(=O)O)C1. The molecular formula is C12H20N2O4. The Morgan fingerprint density at radius 3 is 2.56 bits per heavy atom. The average Bonchev–Trinajstić information content (AvgIpc) is 2.73. The minimum atomic E-state index is -0.876. The van der Waals surface area contributed by atoms with Crippen LogP contribution in [-0.2, 0) is 4.79 Å². The number of carbonyl (C=O) groups is 2. The average molecular weight is 256 g/mol. The number of hydrogen-bond acceptors (Lipinski definition) is 3. The third-order valence-electron chi connectivity index (χ3n) is 2.93. The zero-order valence-corrected chi connectivity index (χ0v) is 10.7. The number of aliphatic hydroxyl groups is 1. The number of nitrogens with one attached hydrogen (secondary N) is 1. The predicted molar refractivity (Wildman–Crippen MR) is 66.1 cm³/mol. The van der Waals surface area contributed by atoms with Gasteiger partial charge in [0.15, 0.2) is 0 Å². The van der Waals surface area contributed by atoms with Crippen LogP contribution in [0, 0.1) is 5.92 Å². The highest BCUT2D eigenvalue weighted by molar-refractivity contribution is 5.76. The van der Waals surface area contributed by atoms with Gasteiger partial charge in [-0.1, -0.05) is 12.2 Å². The molecule has 0 spiro atoms. The molecular weight excluding hydrogens is 236 g/mol. The van der Waals surface area contributed by atoms with E-state index in [2.05, 4.69) is 5.32 Å². The molecule has 0 aromatic rings. The fourth-order valence-electron chi connectivity index (χ4n) is 1.93. The Hall–Kier alpha value is -1.56. The summed E-state index contributed by atoms with van der Waals surface area (Å²) < 4.78 is 0. The molecule has 6 heteroatoms.